The van der Waals surface area contributed by atoms with Crippen LogP contribution in [0.2, 0.25) is 0 Å². The molecule has 2 aromatic rings. The molecule has 0 aliphatic carbocycles. The molecular formula is C20H28N4O3S2. The summed E-state index contributed by atoms with van der Waals surface area (Å²) in [5, 5.41) is 5.16. The van der Waals surface area contributed by atoms with Crippen molar-refractivity contribution in [3.05, 3.63) is 40.9 Å². The molecule has 1 aliphatic heterocycles. The molecule has 2 heterocycles. The fraction of sp³-hybridized carbons (Fsp3) is 0.500. The van der Waals surface area contributed by atoms with Crippen LogP contribution in [0.15, 0.2) is 34.5 Å². The molecule has 1 aliphatic rings. The molecule has 9 heteroatoms. The molecule has 3 rings (SSSR count). The van der Waals surface area contributed by atoms with Crippen molar-refractivity contribution in [1.29, 1.82) is 0 Å². The monoisotopic (exact) mass is 436 g/mol. The molecule has 0 spiro atoms. The summed E-state index contributed by atoms with van der Waals surface area (Å²) in [4.78, 5) is 19.4. The number of hydrogen-bond acceptors (Lipinski definition) is 6. The number of likely N-dealkylation sites (tertiary alicyclic amines) is 1. The number of likely N-dealkylation sites (N-methyl/N-ethyl adjacent to an activating group) is 1. The molecule has 0 radical (unpaired) electrons. The highest BCUT2D eigenvalue weighted by Crippen LogP contribution is 2.21. The Morgan fingerprint density at radius 1 is 1.34 bits per heavy atom. The van der Waals surface area contributed by atoms with Gasteiger partial charge in [0.25, 0.3) is 0 Å². The summed E-state index contributed by atoms with van der Waals surface area (Å²) in [5.41, 5.74) is 1.91. The minimum Gasteiger partial charge on any atom is -0.301 e. The molecule has 1 aromatic heterocycles. The average molecular weight is 437 g/mol. The van der Waals surface area contributed by atoms with E-state index in [2.05, 4.69) is 22.1 Å². The summed E-state index contributed by atoms with van der Waals surface area (Å²) in [7, 11) is -2.31. The number of piperidine rings is 1. The van der Waals surface area contributed by atoms with Crippen LogP contribution < -0.4 is 5.32 Å². The highest BCUT2D eigenvalue weighted by atomic mass is 32.2. The van der Waals surface area contributed by atoms with Gasteiger partial charge in [-0.25, -0.2) is 13.4 Å². The van der Waals surface area contributed by atoms with Crippen molar-refractivity contribution >= 4 is 32.4 Å². The second-order valence-corrected chi connectivity index (χ2v) is 10.7. The Kier molecular flexibility index (Phi) is 7.05. The number of rotatable bonds is 7. The normalized spacial score (nSPS) is 18.1. The standard InChI is InChI=1S/C20H28N4O3S2/c1-15-6-8-18(9-7-15)29(26,27)23(3)13-19(25)22-20-21-17(14-28-20)12-24-10-4-5-16(2)11-24/h6-9,14,16H,4-5,10-13H2,1-3H3,(H,21,22,25). The summed E-state index contributed by atoms with van der Waals surface area (Å²) in [6.45, 7) is 6.81. The number of hydrogen-bond donors (Lipinski definition) is 1. The van der Waals surface area contributed by atoms with E-state index in [0.717, 1.165) is 35.2 Å². The Balaban J connectivity index is 1.55. The van der Waals surface area contributed by atoms with E-state index >= 15 is 0 Å². The van der Waals surface area contributed by atoms with Gasteiger partial charge in [-0.15, -0.1) is 11.3 Å². The summed E-state index contributed by atoms with van der Waals surface area (Å²) in [5.74, 6) is 0.295. The minimum absolute atomic E-state index is 0.172. The van der Waals surface area contributed by atoms with Crippen LogP contribution in [0.25, 0.3) is 0 Å². The maximum atomic E-state index is 12.6. The molecule has 0 bridgehead atoms. The van der Waals surface area contributed by atoms with E-state index in [1.165, 1.54) is 31.2 Å². The minimum atomic E-state index is -3.71. The van der Waals surface area contributed by atoms with Crippen molar-refractivity contribution < 1.29 is 13.2 Å². The number of carbonyl (C=O) groups excluding carboxylic acids is 1. The highest BCUT2D eigenvalue weighted by Gasteiger charge is 2.23. The van der Waals surface area contributed by atoms with Gasteiger partial charge in [0.15, 0.2) is 5.13 Å². The van der Waals surface area contributed by atoms with Gasteiger partial charge in [-0.2, -0.15) is 4.31 Å². The van der Waals surface area contributed by atoms with Crippen LogP contribution >= 0.6 is 11.3 Å². The highest BCUT2D eigenvalue weighted by molar-refractivity contribution is 7.89. The van der Waals surface area contributed by atoms with Crippen molar-refractivity contribution in [3.8, 4) is 0 Å². The molecule has 1 unspecified atom stereocenters. The van der Waals surface area contributed by atoms with Gasteiger partial charge in [-0.05, 0) is 44.4 Å². The van der Waals surface area contributed by atoms with Crippen LogP contribution in [-0.4, -0.2) is 55.2 Å². The van der Waals surface area contributed by atoms with Crippen molar-refractivity contribution in [1.82, 2.24) is 14.2 Å². The lowest BCUT2D eigenvalue weighted by Crippen LogP contribution is -2.35. The zero-order chi connectivity index (χ0) is 21.0. The predicted molar refractivity (Wildman–Crippen MR) is 115 cm³/mol. The number of anilines is 1. The van der Waals surface area contributed by atoms with E-state index in [0.29, 0.717) is 11.0 Å². The first-order chi connectivity index (χ1) is 13.7. The smallest absolute Gasteiger partial charge is 0.243 e. The second-order valence-electron chi connectivity index (χ2n) is 7.75. The Labute approximate surface area is 176 Å². The molecule has 1 saturated heterocycles. The van der Waals surface area contributed by atoms with Gasteiger partial charge in [0.1, 0.15) is 0 Å². The molecule has 1 N–H and O–H groups in total. The molecule has 1 fully saturated rings. The molecule has 1 amide bonds. The lowest BCUT2D eigenvalue weighted by Gasteiger charge is -2.30. The SMILES string of the molecule is Cc1ccc(S(=O)(=O)N(C)CC(=O)Nc2nc(CN3CCCC(C)C3)cs2)cc1. The Hall–Kier alpha value is -1.81. The first-order valence-corrected chi connectivity index (χ1v) is 12.1. The van der Waals surface area contributed by atoms with Crippen LogP contribution in [0.1, 0.15) is 31.0 Å². The van der Waals surface area contributed by atoms with Crippen LogP contribution in [-0.2, 0) is 21.4 Å². The lowest BCUT2D eigenvalue weighted by molar-refractivity contribution is -0.116. The Morgan fingerprint density at radius 2 is 2.07 bits per heavy atom. The van der Waals surface area contributed by atoms with E-state index in [1.54, 1.807) is 24.3 Å². The fourth-order valence-electron chi connectivity index (χ4n) is 3.43. The number of aryl methyl sites for hydroxylation is 1. The van der Waals surface area contributed by atoms with Crippen LogP contribution in [0.5, 0.6) is 0 Å². The molecule has 0 saturated carbocycles. The number of carbonyl (C=O) groups is 1. The van der Waals surface area contributed by atoms with Gasteiger partial charge in [-0.1, -0.05) is 24.6 Å². The quantitative estimate of drug-likeness (QED) is 0.722. The van der Waals surface area contributed by atoms with E-state index in [9.17, 15) is 13.2 Å². The maximum absolute atomic E-state index is 12.6. The van der Waals surface area contributed by atoms with E-state index < -0.39 is 15.9 Å². The molecular weight excluding hydrogens is 408 g/mol. The molecule has 1 atom stereocenters. The third kappa shape index (κ3) is 5.85. The van der Waals surface area contributed by atoms with Gasteiger partial charge in [0, 0.05) is 25.5 Å². The Bertz CT molecular complexity index is 941. The summed E-state index contributed by atoms with van der Waals surface area (Å²) in [6.07, 6.45) is 2.48. The van der Waals surface area contributed by atoms with Crippen LogP contribution in [0, 0.1) is 12.8 Å². The number of thiazole rings is 1. The summed E-state index contributed by atoms with van der Waals surface area (Å²) >= 11 is 1.36. The average Bonchev–Trinajstić information content (AvgIpc) is 3.08. The topological polar surface area (TPSA) is 82.6 Å². The van der Waals surface area contributed by atoms with Gasteiger partial charge in [0.05, 0.1) is 17.1 Å². The van der Waals surface area contributed by atoms with Crippen molar-refractivity contribution in [2.45, 2.75) is 38.1 Å². The number of aromatic nitrogens is 1. The van der Waals surface area contributed by atoms with Crippen molar-refractivity contribution in [2.75, 3.05) is 32.0 Å². The van der Waals surface area contributed by atoms with E-state index in [-0.39, 0.29) is 11.4 Å². The number of amides is 1. The third-order valence-electron chi connectivity index (χ3n) is 5.02. The van der Waals surface area contributed by atoms with E-state index in [4.69, 9.17) is 0 Å². The maximum Gasteiger partial charge on any atom is 0.243 e. The number of benzene rings is 1. The van der Waals surface area contributed by atoms with Gasteiger partial charge >= 0.3 is 0 Å². The van der Waals surface area contributed by atoms with Gasteiger partial charge in [0.2, 0.25) is 15.9 Å². The zero-order valence-corrected chi connectivity index (χ0v) is 18.7. The summed E-state index contributed by atoms with van der Waals surface area (Å²) in [6, 6.07) is 6.57. The number of nitrogens with one attached hydrogen (secondary N) is 1. The van der Waals surface area contributed by atoms with Crippen LogP contribution in [0.4, 0.5) is 5.13 Å². The second kappa shape index (κ2) is 9.34. The number of sulfonamides is 1. The number of nitrogens with zero attached hydrogens (tertiary/aromatic N) is 3. The molecule has 158 valence electrons. The van der Waals surface area contributed by atoms with Crippen molar-refractivity contribution in [2.24, 2.45) is 5.92 Å². The first kappa shape index (κ1) is 21.9. The van der Waals surface area contributed by atoms with Crippen molar-refractivity contribution in [3.63, 3.8) is 0 Å². The van der Waals surface area contributed by atoms with E-state index in [1.807, 2.05) is 12.3 Å². The lowest BCUT2D eigenvalue weighted by atomic mass is 10.0. The Morgan fingerprint density at radius 3 is 2.76 bits per heavy atom. The van der Waals surface area contributed by atoms with Gasteiger partial charge < -0.3 is 5.32 Å². The summed E-state index contributed by atoms with van der Waals surface area (Å²) < 4.78 is 26.3. The molecule has 29 heavy (non-hydrogen) atoms. The van der Waals surface area contributed by atoms with Crippen LogP contribution in [0.3, 0.4) is 0 Å². The third-order valence-corrected chi connectivity index (χ3v) is 7.64. The predicted octanol–water partition coefficient (Wildman–Crippen LogP) is 2.94. The van der Waals surface area contributed by atoms with Gasteiger partial charge in [-0.3, -0.25) is 9.69 Å². The largest absolute Gasteiger partial charge is 0.301 e. The fourth-order valence-corrected chi connectivity index (χ4v) is 5.28. The first-order valence-electron chi connectivity index (χ1n) is 9.73. The molecule has 1 aromatic carbocycles. The molecule has 7 nitrogen and oxygen atoms in total. The zero-order valence-electron chi connectivity index (χ0n) is 17.1.